The molecule has 0 unspecified atom stereocenters. The van der Waals surface area contributed by atoms with Gasteiger partial charge >= 0.3 is 0 Å². The molecule has 1 N–H and O–H groups in total. The summed E-state index contributed by atoms with van der Waals surface area (Å²) in [6.07, 6.45) is 3.00. The zero-order chi connectivity index (χ0) is 14.0. The fraction of sp³-hybridized carbons (Fsp3) is 0.0833. The summed E-state index contributed by atoms with van der Waals surface area (Å²) in [6, 6.07) is 5.97. The number of benzene rings is 1. The maximum Gasteiger partial charge on any atom is 0.262 e. The van der Waals surface area contributed by atoms with Gasteiger partial charge in [0.15, 0.2) is 0 Å². The van der Waals surface area contributed by atoms with E-state index in [1.54, 1.807) is 19.1 Å². The minimum absolute atomic E-state index is 0.0960. The molecule has 7 heteroatoms. The lowest BCUT2D eigenvalue weighted by molar-refractivity contribution is 0.600. The lowest BCUT2D eigenvalue weighted by Crippen LogP contribution is -2.14. The van der Waals surface area contributed by atoms with E-state index in [0.29, 0.717) is 16.3 Å². The summed E-state index contributed by atoms with van der Waals surface area (Å²) >= 11 is 11.7. The summed E-state index contributed by atoms with van der Waals surface area (Å²) in [7, 11) is -3.70. The zero-order valence-corrected chi connectivity index (χ0v) is 12.2. The predicted molar refractivity (Wildman–Crippen MR) is 76.2 cm³/mol. The zero-order valence-electron chi connectivity index (χ0n) is 9.89. The Labute approximate surface area is 121 Å². The minimum atomic E-state index is -3.70. The average Bonchev–Trinajstić information content (AvgIpc) is 2.34. The summed E-state index contributed by atoms with van der Waals surface area (Å²) < 4.78 is 27.0. The standard InChI is InChI=1S/C12H10Cl2N2O2S/c1-8-6-10(13)11(14)7-12(8)19(17,18)16-9-2-4-15-5-3-9/h2-7H,1H3,(H,15,16). The first-order valence-electron chi connectivity index (χ1n) is 5.28. The van der Waals surface area contributed by atoms with Crippen LogP contribution in [0.3, 0.4) is 0 Å². The fourth-order valence-electron chi connectivity index (χ4n) is 1.55. The quantitative estimate of drug-likeness (QED) is 0.942. The highest BCUT2D eigenvalue weighted by molar-refractivity contribution is 7.92. The van der Waals surface area contributed by atoms with Crippen molar-refractivity contribution < 1.29 is 8.42 Å². The summed E-state index contributed by atoms with van der Waals surface area (Å²) in [4.78, 5) is 3.91. The van der Waals surface area contributed by atoms with Crippen LogP contribution >= 0.6 is 23.2 Å². The van der Waals surface area contributed by atoms with Crippen LogP contribution in [0.25, 0.3) is 0 Å². The summed E-state index contributed by atoms with van der Waals surface area (Å²) in [6.45, 7) is 1.66. The topological polar surface area (TPSA) is 59.1 Å². The van der Waals surface area contributed by atoms with Gasteiger partial charge in [0, 0.05) is 12.4 Å². The van der Waals surface area contributed by atoms with E-state index in [2.05, 4.69) is 9.71 Å². The molecule has 1 aromatic heterocycles. The molecule has 0 saturated heterocycles. The second-order valence-electron chi connectivity index (χ2n) is 3.87. The molecule has 1 aromatic carbocycles. The Hall–Kier alpha value is -1.30. The summed E-state index contributed by atoms with van der Waals surface area (Å²) in [5, 5.41) is 0.518. The van der Waals surface area contributed by atoms with Crippen LogP contribution in [0.5, 0.6) is 0 Å². The molecule has 0 radical (unpaired) electrons. The van der Waals surface area contributed by atoms with Gasteiger partial charge < -0.3 is 0 Å². The molecule has 2 rings (SSSR count). The Balaban J connectivity index is 2.43. The smallest absolute Gasteiger partial charge is 0.262 e. The van der Waals surface area contributed by atoms with Crippen molar-refractivity contribution in [1.29, 1.82) is 0 Å². The number of nitrogens with zero attached hydrogens (tertiary/aromatic N) is 1. The number of aromatic nitrogens is 1. The van der Waals surface area contributed by atoms with Crippen LogP contribution in [0.2, 0.25) is 10.0 Å². The highest BCUT2D eigenvalue weighted by atomic mass is 35.5. The number of hydrogen-bond donors (Lipinski definition) is 1. The average molecular weight is 317 g/mol. The third-order valence-corrected chi connectivity index (χ3v) is 4.69. The normalized spacial score (nSPS) is 11.3. The number of pyridine rings is 1. The van der Waals surface area contributed by atoms with Gasteiger partial charge in [-0.25, -0.2) is 8.42 Å². The molecule has 19 heavy (non-hydrogen) atoms. The number of halogens is 2. The van der Waals surface area contributed by atoms with Crippen LogP contribution in [-0.2, 0) is 10.0 Å². The van der Waals surface area contributed by atoms with Gasteiger partial charge in [0.2, 0.25) is 0 Å². The van der Waals surface area contributed by atoms with Crippen molar-refractivity contribution in [2.45, 2.75) is 11.8 Å². The Kier molecular flexibility index (Phi) is 3.99. The number of sulfonamides is 1. The molecule has 0 amide bonds. The first-order valence-corrected chi connectivity index (χ1v) is 7.52. The number of aryl methyl sites for hydroxylation is 1. The van der Waals surface area contributed by atoms with Gasteiger partial charge in [-0.15, -0.1) is 0 Å². The predicted octanol–water partition coefficient (Wildman–Crippen LogP) is 3.50. The van der Waals surface area contributed by atoms with Crippen LogP contribution in [0.15, 0.2) is 41.6 Å². The molecule has 0 aliphatic rings. The van der Waals surface area contributed by atoms with E-state index in [4.69, 9.17) is 23.2 Å². The third-order valence-electron chi connectivity index (χ3n) is 2.44. The maximum absolute atomic E-state index is 12.3. The van der Waals surface area contributed by atoms with Crippen molar-refractivity contribution >= 4 is 38.9 Å². The van der Waals surface area contributed by atoms with Crippen molar-refractivity contribution in [3.05, 3.63) is 52.3 Å². The van der Waals surface area contributed by atoms with Crippen molar-refractivity contribution in [2.75, 3.05) is 4.72 Å². The minimum Gasteiger partial charge on any atom is -0.280 e. The molecule has 0 aliphatic heterocycles. The molecular weight excluding hydrogens is 307 g/mol. The molecule has 0 aliphatic carbocycles. The molecular formula is C12H10Cl2N2O2S. The Morgan fingerprint density at radius 3 is 2.32 bits per heavy atom. The van der Waals surface area contributed by atoms with Gasteiger partial charge in [-0.1, -0.05) is 23.2 Å². The van der Waals surface area contributed by atoms with E-state index >= 15 is 0 Å². The van der Waals surface area contributed by atoms with Crippen LogP contribution in [0.4, 0.5) is 5.69 Å². The summed E-state index contributed by atoms with van der Waals surface area (Å²) in [5.41, 5.74) is 0.955. The van der Waals surface area contributed by atoms with Crippen LogP contribution in [0.1, 0.15) is 5.56 Å². The maximum atomic E-state index is 12.3. The van der Waals surface area contributed by atoms with Crippen molar-refractivity contribution in [2.24, 2.45) is 0 Å². The first kappa shape index (κ1) is 14.1. The van der Waals surface area contributed by atoms with E-state index in [-0.39, 0.29) is 9.92 Å². The van der Waals surface area contributed by atoms with Crippen molar-refractivity contribution in [3.63, 3.8) is 0 Å². The van der Waals surface area contributed by atoms with Gasteiger partial charge in [-0.3, -0.25) is 9.71 Å². The number of hydrogen-bond acceptors (Lipinski definition) is 3. The SMILES string of the molecule is Cc1cc(Cl)c(Cl)cc1S(=O)(=O)Nc1ccncc1. The van der Waals surface area contributed by atoms with E-state index in [0.717, 1.165) is 0 Å². The molecule has 2 aromatic rings. The van der Waals surface area contributed by atoms with E-state index in [1.165, 1.54) is 24.5 Å². The van der Waals surface area contributed by atoms with Crippen molar-refractivity contribution in [1.82, 2.24) is 4.98 Å². The fourth-order valence-corrected chi connectivity index (χ4v) is 3.31. The monoisotopic (exact) mass is 316 g/mol. The van der Waals surface area contributed by atoms with Crippen LogP contribution < -0.4 is 4.72 Å². The highest BCUT2D eigenvalue weighted by Gasteiger charge is 2.18. The molecule has 0 atom stereocenters. The van der Waals surface area contributed by atoms with Gasteiger partial charge in [0.25, 0.3) is 10.0 Å². The van der Waals surface area contributed by atoms with E-state index < -0.39 is 10.0 Å². The molecule has 0 bridgehead atoms. The lowest BCUT2D eigenvalue weighted by Gasteiger charge is -2.11. The van der Waals surface area contributed by atoms with Gasteiger partial charge in [0.05, 0.1) is 20.6 Å². The summed E-state index contributed by atoms with van der Waals surface area (Å²) in [5.74, 6) is 0. The lowest BCUT2D eigenvalue weighted by atomic mass is 10.2. The van der Waals surface area contributed by atoms with Gasteiger partial charge in [-0.2, -0.15) is 0 Å². The number of rotatable bonds is 3. The molecule has 0 spiro atoms. The second-order valence-corrected chi connectivity index (χ2v) is 6.34. The highest BCUT2D eigenvalue weighted by Crippen LogP contribution is 2.29. The molecule has 100 valence electrons. The molecule has 1 heterocycles. The largest absolute Gasteiger partial charge is 0.280 e. The van der Waals surface area contributed by atoms with Gasteiger partial charge in [0.1, 0.15) is 0 Å². The number of nitrogens with one attached hydrogen (secondary N) is 1. The third kappa shape index (κ3) is 3.18. The van der Waals surface area contributed by atoms with E-state index in [1.807, 2.05) is 0 Å². The Bertz CT molecular complexity index is 703. The Morgan fingerprint density at radius 1 is 1.11 bits per heavy atom. The van der Waals surface area contributed by atoms with E-state index in [9.17, 15) is 8.42 Å². The molecule has 0 fully saturated rings. The van der Waals surface area contributed by atoms with Crippen molar-refractivity contribution in [3.8, 4) is 0 Å². The van der Waals surface area contributed by atoms with Gasteiger partial charge in [-0.05, 0) is 36.8 Å². The second kappa shape index (κ2) is 5.36. The first-order chi connectivity index (χ1) is 8.90. The molecule has 0 saturated carbocycles. The molecule has 4 nitrogen and oxygen atoms in total. The van der Waals surface area contributed by atoms with Crippen LogP contribution in [0, 0.1) is 6.92 Å². The number of anilines is 1. The Morgan fingerprint density at radius 2 is 1.68 bits per heavy atom. The van der Waals surface area contributed by atoms with Crippen LogP contribution in [-0.4, -0.2) is 13.4 Å².